The topological polar surface area (TPSA) is 20.3 Å². The zero-order valence-electron chi connectivity index (χ0n) is 7.72. The summed E-state index contributed by atoms with van der Waals surface area (Å²) in [5.74, 6) is 0.217. The molecule has 1 heterocycles. The molecule has 0 aromatic carbocycles. The molecule has 1 saturated heterocycles. The molecule has 1 amide bonds. The van der Waals surface area contributed by atoms with Crippen LogP contribution in [-0.4, -0.2) is 28.8 Å². The lowest BCUT2D eigenvalue weighted by Crippen LogP contribution is -2.40. The van der Waals surface area contributed by atoms with Gasteiger partial charge in [-0.15, -0.1) is 11.6 Å². The highest BCUT2D eigenvalue weighted by Gasteiger charge is 2.32. The summed E-state index contributed by atoms with van der Waals surface area (Å²) < 4.78 is 0. The van der Waals surface area contributed by atoms with E-state index in [0.29, 0.717) is 12.1 Å². The van der Waals surface area contributed by atoms with Gasteiger partial charge in [0, 0.05) is 12.1 Å². The molecule has 0 aromatic heterocycles. The zero-order valence-corrected chi connectivity index (χ0v) is 8.47. The fourth-order valence-corrected chi connectivity index (χ4v) is 2.13. The highest BCUT2D eigenvalue weighted by molar-refractivity contribution is 6.27. The summed E-state index contributed by atoms with van der Waals surface area (Å²) in [5, 5.41) is 0. The van der Waals surface area contributed by atoms with Crippen LogP contribution < -0.4 is 0 Å². The summed E-state index contributed by atoms with van der Waals surface area (Å²) in [4.78, 5) is 13.3. The third-order valence-corrected chi connectivity index (χ3v) is 2.89. The van der Waals surface area contributed by atoms with Gasteiger partial charge in [0.2, 0.25) is 5.91 Å². The van der Waals surface area contributed by atoms with E-state index < -0.39 is 0 Å². The molecule has 70 valence electrons. The number of carbonyl (C=O) groups excluding carboxylic acids is 1. The van der Waals surface area contributed by atoms with E-state index in [0.717, 1.165) is 19.3 Å². The Morgan fingerprint density at radius 3 is 2.75 bits per heavy atom. The number of hydrogen-bond donors (Lipinski definition) is 0. The van der Waals surface area contributed by atoms with Crippen LogP contribution in [0.4, 0.5) is 0 Å². The molecule has 1 rings (SSSR count). The minimum Gasteiger partial charge on any atom is -0.336 e. The van der Waals surface area contributed by atoms with E-state index in [1.807, 2.05) is 4.90 Å². The van der Waals surface area contributed by atoms with Gasteiger partial charge in [0.25, 0.3) is 0 Å². The van der Waals surface area contributed by atoms with Gasteiger partial charge in [-0.1, -0.05) is 6.92 Å². The normalized spacial score (nSPS) is 29.4. The number of alkyl halides is 1. The van der Waals surface area contributed by atoms with Crippen LogP contribution in [0.1, 0.15) is 33.1 Å². The fraction of sp³-hybridized carbons (Fsp3) is 0.889. The SMILES string of the molecule is CCC1CCC(C)N1C(=O)CCl. The number of amides is 1. The van der Waals surface area contributed by atoms with Crippen molar-refractivity contribution in [1.29, 1.82) is 0 Å². The van der Waals surface area contributed by atoms with Gasteiger partial charge >= 0.3 is 0 Å². The molecule has 0 N–H and O–H groups in total. The molecule has 0 aromatic rings. The zero-order chi connectivity index (χ0) is 9.14. The Morgan fingerprint density at radius 2 is 2.25 bits per heavy atom. The molecule has 1 aliphatic rings. The summed E-state index contributed by atoms with van der Waals surface area (Å²) in [6.07, 6.45) is 3.31. The van der Waals surface area contributed by atoms with Crippen molar-refractivity contribution in [3.05, 3.63) is 0 Å². The van der Waals surface area contributed by atoms with Crippen LogP contribution in [0.25, 0.3) is 0 Å². The lowest BCUT2D eigenvalue weighted by molar-refractivity contribution is -0.131. The van der Waals surface area contributed by atoms with Gasteiger partial charge in [-0.2, -0.15) is 0 Å². The Balaban J connectivity index is 2.63. The Labute approximate surface area is 78.9 Å². The molecule has 0 aliphatic carbocycles. The molecule has 0 spiro atoms. The second kappa shape index (κ2) is 4.13. The Morgan fingerprint density at radius 1 is 1.58 bits per heavy atom. The summed E-state index contributed by atoms with van der Waals surface area (Å²) in [5.41, 5.74) is 0. The first-order valence-electron chi connectivity index (χ1n) is 4.57. The van der Waals surface area contributed by atoms with Crippen LogP contribution in [-0.2, 0) is 4.79 Å². The second-order valence-corrected chi connectivity index (χ2v) is 3.69. The van der Waals surface area contributed by atoms with E-state index in [1.54, 1.807) is 0 Å². The standard InChI is InChI=1S/C9H16ClNO/c1-3-8-5-4-7(2)11(8)9(12)6-10/h7-8H,3-6H2,1-2H3. The van der Waals surface area contributed by atoms with Gasteiger partial charge in [0.1, 0.15) is 5.88 Å². The average Bonchev–Trinajstić information content (AvgIpc) is 2.45. The maximum Gasteiger partial charge on any atom is 0.237 e. The van der Waals surface area contributed by atoms with Crippen LogP contribution >= 0.6 is 11.6 Å². The molecule has 12 heavy (non-hydrogen) atoms. The summed E-state index contributed by atoms with van der Waals surface area (Å²) in [7, 11) is 0. The molecule has 2 atom stereocenters. The molecular formula is C9H16ClNO. The predicted molar refractivity (Wildman–Crippen MR) is 50.3 cm³/mol. The van der Waals surface area contributed by atoms with Crippen molar-refractivity contribution in [1.82, 2.24) is 4.90 Å². The molecule has 1 aliphatic heterocycles. The maximum atomic E-state index is 11.4. The van der Waals surface area contributed by atoms with Crippen molar-refractivity contribution in [2.45, 2.75) is 45.2 Å². The number of likely N-dealkylation sites (tertiary alicyclic amines) is 1. The van der Waals surface area contributed by atoms with Crippen LogP contribution in [0.2, 0.25) is 0 Å². The van der Waals surface area contributed by atoms with E-state index >= 15 is 0 Å². The number of hydrogen-bond acceptors (Lipinski definition) is 1. The minimum absolute atomic E-state index is 0.0912. The fourth-order valence-electron chi connectivity index (χ4n) is 1.99. The van der Waals surface area contributed by atoms with Gasteiger partial charge < -0.3 is 4.90 Å². The van der Waals surface area contributed by atoms with E-state index in [2.05, 4.69) is 13.8 Å². The maximum absolute atomic E-state index is 11.4. The van der Waals surface area contributed by atoms with Crippen LogP contribution in [0.3, 0.4) is 0 Å². The van der Waals surface area contributed by atoms with Gasteiger partial charge in [-0.05, 0) is 26.2 Å². The molecule has 0 saturated carbocycles. The third kappa shape index (κ3) is 1.74. The first-order valence-corrected chi connectivity index (χ1v) is 5.11. The van der Waals surface area contributed by atoms with Crippen molar-refractivity contribution in [2.24, 2.45) is 0 Å². The average molecular weight is 190 g/mol. The van der Waals surface area contributed by atoms with E-state index in [1.165, 1.54) is 0 Å². The van der Waals surface area contributed by atoms with Gasteiger partial charge in [-0.25, -0.2) is 0 Å². The summed E-state index contributed by atoms with van der Waals surface area (Å²) in [6.45, 7) is 4.22. The van der Waals surface area contributed by atoms with Crippen LogP contribution in [0, 0.1) is 0 Å². The van der Waals surface area contributed by atoms with E-state index in [9.17, 15) is 4.79 Å². The van der Waals surface area contributed by atoms with Crippen molar-refractivity contribution < 1.29 is 4.79 Å². The Kier molecular flexibility index (Phi) is 3.39. The summed E-state index contributed by atoms with van der Waals surface area (Å²) in [6, 6.07) is 0.826. The van der Waals surface area contributed by atoms with E-state index in [4.69, 9.17) is 11.6 Å². The molecular weight excluding hydrogens is 174 g/mol. The first-order chi connectivity index (χ1) is 5.70. The highest BCUT2D eigenvalue weighted by Crippen LogP contribution is 2.25. The van der Waals surface area contributed by atoms with Crippen molar-refractivity contribution in [3.63, 3.8) is 0 Å². The van der Waals surface area contributed by atoms with Crippen LogP contribution in [0.5, 0.6) is 0 Å². The predicted octanol–water partition coefficient (Wildman–Crippen LogP) is 2.01. The minimum atomic E-state index is 0.0912. The molecule has 0 radical (unpaired) electrons. The smallest absolute Gasteiger partial charge is 0.237 e. The van der Waals surface area contributed by atoms with Crippen molar-refractivity contribution in [3.8, 4) is 0 Å². The lowest BCUT2D eigenvalue weighted by Gasteiger charge is -2.27. The summed E-state index contributed by atoms with van der Waals surface area (Å²) >= 11 is 5.53. The number of rotatable bonds is 2. The quantitative estimate of drug-likeness (QED) is 0.609. The van der Waals surface area contributed by atoms with Crippen molar-refractivity contribution >= 4 is 17.5 Å². The van der Waals surface area contributed by atoms with Gasteiger partial charge in [-0.3, -0.25) is 4.79 Å². The third-order valence-electron chi connectivity index (χ3n) is 2.66. The van der Waals surface area contributed by atoms with Crippen LogP contribution in [0.15, 0.2) is 0 Å². The lowest BCUT2D eigenvalue weighted by atomic mass is 10.1. The molecule has 3 heteroatoms. The Hall–Kier alpha value is -0.240. The monoisotopic (exact) mass is 189 g/mol. The molecule has 2 nitrogen and oxygen atoms in total. The Bertz CT molecular complexity index is 172. The van der Waals surface area contributed by atoms with Gasteiger partial charge in [0.15, 0.2) is 0 Å². The van der Waals surface area contributed by atoms with E-state index in [-0.39, 0.29) is 11.8 Å². The number of halogens is 1. The van der Waals surface area contributed by atoms with Crippen molar-refractivity contribution in [2.75, 3.05) is 5.88 Å². The molecule has 0 bridgehead atoms. The number of carbonyl (C=O) groups is 1. The number of nitrogens with zero attached hydrogens (tertiary/aromatic N) is 1. The largest absolute Gasteiger partial charge is 0.336 e. The highest BCUT2D eigenvalue weighted by atomic mass is 35.5. The molecule has 1 fully saturated rings. The second-order valence-electron chi connectivity index (χ2n) is 3.42. The van der Waals surface area contributed by atoms with Gasteiger partial charge in [0.05, 0.1) is 0 Å². The molecule has 2 unspecified atom stereocenters. The first kappa shape index (κ1) is 9.85.